The van der Waals surface area contributed by atoms with Crippen molar-refractivity contribution in [2.45, 2.75) is 25.4 Å². The molecule has 0 radical (unpaired) electrons. The lowest BCUT2D eigenvalue weighted by molar-refractivity contribution is 0.164. The van der Waals surface area contributed by atoms with E-state index in [2.05, 4.69) is 0 Å². The first kappa shape index (κ1) is 12.8. The molecule has 0 aliphatic heterocycles. The summed E-state index contributed by atoms with van der Waals surface area (Å²) in [4.78, 5) is 0. The molecule has 1 atom stereocenters. The highest BCUT2D eigenvalue weighted by Crippen LogP contribution is 2.17. The number of aliphatic hydroxyl groups excluding tert-OH is 1. The molecule has 1 nitrogen and oxygen atoms in total. The van der Waals surface area contributed by atoms with E-state index >= 15 is 0 Å². The molecule has 0 amide bonds. The van der Waals surface area contributed by atoms with Crippen LogP contribution in [0.1, 0.15) is 18.4 Å². The fourth-order valence-electron chi connectivity index (χ4n) is 1.35. The molecular weight excluding hydrogens is 238 g/mol. The molecule has 0 aliphatic rings. The van der Waals surface area contributed by atoms with Gasteiger partial charge in [0.15, 0.2) is 0 Å². The first-order valence-electron chi connectivity index (χ1n) is 4.81. The van der Waals surface area contributed by atoms with E-state index in [1.54, 1.807) is 6.07 Å². The predicted octanol–water partition coefficient (Wildman–Crippen LogP) is 3.40. The van der Waals surface area contributed by atoms with Gasteiger partial charge in [0.25, 0.3) is 0 Å². The van der Waals surface area contributed by atoms with Crippen LogP contribution in [0.5, 0.6) is 0 Å². The predicted molar refractivity (Wildman–Crippen MR) is 61.1 cm³/mol. The summed E-state index contributed by atoms with van der Waals surface area (Å²) >= 11 is 11.1. The Morgan fingerprint density at radius 1 is 1.40 bits per heavy atom. The second-order valence-electron chi connectivity index (χ2n) is 3.44. The minimum absolute atomic E-state index is 0.106. The Kier molecular flexibility index (Phi) is 5.37. The number of halogens is 3. The smallest absolute Gasteiger partial charge is 0.142 e. The highest BCUT2D eigenvalue weighted by atomic mass is 35.5. The maximum absolute atomic E-state index is 13.0. The van der Waals surface area contributed by atoms with Gasteiger partial charge in [-0.15, -0.1) is 11.6 Å². The largest absolute Gasteiger partial charge is 0.393 e. The van der Waals surface area contributed by atoms with Crippen molar-refractivity contribution in [3.63, 3.8) is 0 Å². The van der Waals surface area contributed by atoms with Crippen molar-refractivity contribution < 1.29 is 9.50 Å². The monoisotopic (exact) mass is 250 g/mol. The molecule has 1 aromatic rings. The number of hydrogen-bond acceptors (Lipinski definition) is 1. The van der Waals surface area contributed by atoms with Crippen molar-refractivity contribution in [2.24, 2.45) is 0 Å². The number of aliphatic hydroxyl groups is 1. The van der Waals surface area contributed by atoms with Gasteiger partial charge in [-0.05, 0) is 37.0 Å². The van der Waals surface area contributed by atoms with Gasteiger partial charge in [0.05, 0.1) is 11.1 Å². The zero-order valence-electron chi connectivity index (χ0n) is 8.22. The zero-order chi connectivity index (χ0) is 11.3. The van der Waals surface area contributed by atoms with E-state index in [4.69, 9.17) is 23.2 Å². The quantitative estimate of drug-likeness (QED) is 0.795. The molecule has 4 heteroatoms. The van der Waals surface area contributed by atoms with Gasteiger partial charge in [0, 0.05) is 5.88 Å². The lowest BCUT2D eigenvalue weighted by atomic mass is 10.0. The molecule has 1 N–H and O–H groups in total. The molecule has 15 heavy (non-hydrogen) atoms. The molecule has 0 saturated heterocycles. The Balaban J connectivity index is 2.53. The molecule has 0 bridgehead atoms. The Morgan fingerprint density at radius 2 is 2.13 bits per heavy atom. The average Bonchev–Trinajstić information content (AvgIpc) is 2.20. The first-order valence-corrected chi connectivity index (χ1v) is 5.72. The third-order valence-electron chi connectivity index (χ3n) is 2.13. The van der Waals surface area contributed by atoms with Gasteiger partial charge in [-0.25, -0.2) is 4.39 Å². The lowest BCUT2D eigenvalue weighted by Gasteiger charge is -2.09. The summed E-state index contributed by atoms with van der Waals surface area (Å²) in [5.74, 6) is 0.0881. The molecule has 0 aromatic heterocycles. The van der Waals surface area contributed by atoms with Gasteiger partial charge in [-0.2, -0.15) is 0 Å². The van der Waals surface area contributed by atoms with Crippen LogP contribution in [0.15, 0.2) is 18.2 Å². The van der Waals surface area contributed by atoms with Gasteiger partial charge < -0.3 is 5.11 Å². The highest BCUT2D eigenvalue weighted by molar-refractivity contribution is 6.30. The molecule has 0 fully saturated rings. The summed E-state index contributed by atoms with van der Waals surface area (Å²) in [6.07, 6.45) is 1.36. The van der Waals surface area contributed by atoms with Gasteiger partial charge in [-0.3, -0.25) is 0 Å². The van der Waals surface area contributed by atoms with Crippen LogP contribution in [-0.2, 0) is 6.42 Å². The van der Waals surface area contributed by atoms with Crippen LogP contribution in [-0.4, -0.2) is 17.1 Å². The summed E-state index contributed by atoms with van der Waals surface area (Å²) in [6.45, 7) is 0. The number of hydrogen-bond donors (Lipinski definition) is 1. The fraction of sp³-hybridized carbons (Fsp3) is 0.455. The van der Waals surface area contributed by atoms with Crippen LogP contribution in [0, 0.1) is 5.82 Å². The first-order chi connectivity index (χ1) is 7.13. The van der Waals surface area contributed by atoms with Crippen LogP contribution in [0.3, 0.4) is 0 Å². The molecule has 1 unspecified atom stereocenters. The summed E-state index contributed by atoms with van der Waals surface area (Å²) in [7, 11) is 0. The van der Waals surface area contributed by atoms with Crippen LogP contribution < -0.4 is 0 Å². The summed E-state index contributed by atoms with van der Waals surface area (Å²) in [5.41, 5.74) is 0.749. The standard InChI is InChI=1S/C11H13Cl2FO/c12-5-1-2-9(15)6-8-3-4-10(13)11(14)7-8/h3-4,7,9,15H,1-2,5-6H2. The third kappa shape index (κ3) is 4.37. The van der Waals surface area contributed by atoms with Gasteiger partial charge in [0.1, 0.15) is 5.82 Å². The maximum atomic E-state index is 13.0. The zero-order valence-corrected chi connectivity index (χ0v) is 9.73. The van der Waals surface area contributed by atoms with E-state index in [0.717, 1.165) is 12.0 Å². The van der Waals surface area contributed by atoms with E-state index in [9.17, 15) is 9.50 Å². The Bertz CT molecular complexity index is 317. The normalized spacial score (nSPS) is 12.8. The minimum Gasteiger partial charge on any atom is -0.393 e. The molecule has 0 heterocycles. The van der Waals surface area contributed by atoms with Crippen molar-refractivity contribution in [2.75, 3.05) is 5.88 Å². The third-order valence-corrected chi connectivity index (χ3v) is 2.70. The summed E-state index contributed by atoms with van der Waals surface area (Å²) < 4.78 is 13.0. The van der Waals surface area contributed by atoms with Crippen LogP contribution in [0.25, 0.3) is 0 Å². The van der Waals surface area contributed by atoms with E-state index < -0.39 is 11.9 Å². The molecular formula is C11H13Cl2FO. The lowest BCUT2D eigenvalue weighted by Crippen LogP contribution is -2.10. The highest BCUT2D eigenvalue weighted by Gasteiger charge is 2.07. The van der Waals surface area contributed by atoms with E-state index in [-0.39, 0.29) is 5.02 Å². The SMILES string of the molecule is OC(CCCCl)Cc1ccc(Cl)c(F)c1. The van der Waals surface area contributed by atoms with Gasteiger partial charge in [0.2, 0.25) is 0 Å². The van der Waals surface area contributed by atoms with Crippen LogP contribution in [0.4, 0.5) is 4.39 Å². The Labute approximate surface area is 98.8 Å². The topological polar surface area (TPSA) is 20.2 Å². The second-order valence-corrected chi connectivity index (χ2v) is 4.22. The fourth-order valence-corrected chi connectivity index (χ4v) is 1.63. The molecule has 0 spiro atoms. The van der Waals surface area contributed by atoms with Crippen molar-refractivity contribution in [1.82, 2.24) is 0 Å². The van der Waals surface area contributed by atoms with Crippen LogP contribution >= 0.6 is 23.2 Å². The summed E-state index contributed by atoms with van der Waals surface area (Å²) in [5, 5.41) is 9.69. The van der Waals surface area contributed by atoms with E-state index in [1.165, 1.54) is 12.1 Å². The number of benzene rings is 1. The maximum Gasteiger partial charge on any atom is 0.142 e. The van der Waals surface area contributed by atoms with Crippen molar-refractivity contribution in [3.05, 3.63) is 34.6 Å². The van der Waals surface area contributed by atoms with Gasteiger partial charge in [-0.1, -0.05) is 17.7 Å². The van der Waals surface area contributed by atoms with Gasteiger partial charge >= 0.3 is 0 Å². The molecule has 0 saturated carbocycles. The molecule has 1 aromatic carbocycles. The Morgan fingerprint density at radius 3 is 2.73 bits per heavy atom. The van der Waals surface area contributed by atoms with Crippen molar-refractivity contribution in [3.8, 4) is 0 Å². The van der Waals surface area contributed by atoms with E-state index in [0.29, 0.717) is 18.7 Å². The molecule has 84 valence electrons. The molecule has 1 rings (SSSR count). The second kappa shape index (κ2) is 6.31. The van der Waals surface area contributed by atoms with Crippen molar-refractivity contribution >= 4 is 23.2 Å². The van der Waals surface area contributed by atoms with Crippen molar-refractivity contribution in [1.29, 1.82) is 0 Å². The number of rotatable bonds is 5. The van der Waals surface area contributed by atoms with Crippen LogP contribution in [0.2, 0.25) is 5.02 Å². The minimum atomic E-state index is -0.468. The summed E-state index contributed by atoms with van der Waals surface area (Å²) in [6, 6.07) is 4.57. The Hall–Kier alpha value is -0.310. The number of alkyl halides is 1. The van der Waals surface area contributed by atoms with E-state index in [1.807, 2.05) is 0 Å². The molecule has 0 aliphatic carbocycles. The average molecular weight is 251 g/mol.